The summed E-state index contributed by atoms with van der Waals surface area (Å²) < 4.78 is 0. The SMILES string of the molecule is CC[C@H](C)[C@H](NC(=O)[C@H](CCCN=C(N)N)NC(=O)[C@@H](N)CS)C(=O)N[C@@H](CO)C(=O)N[C@@H](C)C(=O)N[C@@H](Cc1cnc[nH]1)C(=O)N1CCC[C@H]1C(=O)N[C@@H](CS)C(=O)O. The molecule has 0 aromatic carbocycles. The van der Waals surface area contributed by atoms with E-state index in [0.29, 0.717) is 18.5 Å². The topological polar surface area (TPSA) is 372 Å². The molecule has 1 aliphatic rings. The van der Waals surface area contributed by atoms with Crippen LogP contribution in [0.3, 0.4) is 0 Å². The maximum Gasteiger partial charge on any atom is 0.327 e. The quantitative estimate of drug-likeness (QED) is 0.0190. The van der Waals surface area contributed by atoms with Gasteiger partial charge in [-0.15, -0.1) is 0 Å². The summed E-state index contributed by atoms with van der Waals surface area (Å²) in [7, 11) is 0. The maximum absolute atomic E-state index is 13.9. The number of thiol groups is 2. The molecule has 0 aliphatic carbocycles. The fraction of sp³-hybridized carbons (Fsp3) is 0.657. The Balaban J connectivity index is 2.19. The molecule has 9 atom stereocenters. The number of H-pyrrole nitrogens is 1. The van der Waals surface area contributed by atoms with Crippen molar-refractivity contribution in [1.82, 2.24) is 46.8 Å². The number of rotatable bonds is 25. The number of nitrogens with two attached hydrogens (primary N) is 3. The van der Waals surface area contributed by atoms with Gasteiger partial charge >= 0.3 is 5.97 Å². The molecule has 23 nitrogen and oxygen atoms in total. The second-order valence-corrected chi connectivity index (χ2v) is 15.0. The Bertz CT molecular complexity index is 1670. The maximum atomic E-state index is 13.9. The zero-order valence-corrected chi connectivity index (χ0v) is 35.5. The standard InChI is InChI=1S/C35H59N13O10S2/c1-4-17(2)26(47-29(52)21(7-5-9-40-35(37)38)43-28(51)20(36)14-59)32(55)45-23(13-49)30(53)42-18(3)27(50)44-22(11-19-12-39-16-41-19)33(56)48-10-6-8-25(48)31(54)46-24(15-60)34(57)58/h12,16-18,20-26,49,59-60H,4-11,13-15,36H2,1-3H3,(H,39,41)(H,42,53)(H,43,51)(H,44,50)(H,45,55)(H,46,54)(H,47,52)(H,57,58)(H4,37,38,40)/t17-,18-,20-,21-,22-,23-,24-,25-,26-/m0/s1. The number of carboxylic acid groups (broad SMARTS) is 1. The molecule has 60 heavy (non-hydrogen) atoms. The Kier molecular flexibility index (Phi) is 21.7. The van der Waals surface area contributed by atoms with E-state index in [9.17, 15) is 48.6 Å². The molecule has 0 radical (unpaired) electrons. The van der Waals surface area contributed by atoms with E-state index in [2.05, 4.69) is 72.1 Å². The van der Waals surface area contributed by atoms with Crippen LogP contribution in [0.15, 0.2) is 17.5 Å². The lowest BCUT2D eigenvalue weighted by molar-refractivity contribution is -0.144. The molecule has 0 unspecified atom stereocenters. The lowest BCUT2D eigenvalue weighted by Crippen LogP contribution is -2.61. The van der Waals surface area contributed by atoms with Crippen LogP contribution >= 0.6 is 25.3 Å². The van der Waals surface area contributed by atoms with Crippen LogP contribution in [0.1, 0.15) is 58.6 Å². The summed E-state index contributed by atoms with van der Waals surface area (Å²) >= 11 is 7.99. The van der Waals surface area contributed by atoms with Crippen LogP contribution < -0.4 is 49.1 Å². The van der Waals surface area contributed by atoms with Crippen LogP contribution in [0.4, 0.5) is 0 Å². The Hall–Kier alpha value is -5.14. The van der Waals surface area contributed by atoms with Crippen molar-refractivity contribution in [3.8, 4) is 0 Å². The van der Waals surface area contributed by atoms with Crippen LogP contribution in [0, 0.1) is 5.92 Å². The molecule has 1 fully saturated rings. The van der Waals surface area contributed by atoms with Crippen molar-refractivity contribution in [1.29, 1.82) is 0 Å². The zero-order valence-electron chi connectivity index (χ0n) is 33.8. The number of nitrogens with zero attached hydrogens (tertiary/aromatic N) is 3. The van der Waals surface area contributed by atoms with Crippen molar-refractivity contribution in [2.75, 3.05) is 31.2 Å². The molecule has 336 valence electrons. The number of aliphatic imine (C=N–C) groups is 1. The van der Waals surface area contributed by atoms with Crippen molar-refractivity contribution < 1.29 is 48.6 Å². The van der Waals surface area contributed by atoms with Gasteiger partial charge in [0.25, 0.3) is 0 Å². The number of nitrogens with one attached hydrogen (secondary N) is 7. The normalized spacial score (nSPS) is 17.6. The van der Waals surface area contributed by atoms with Gasteiger partial charge in [0.15, 0.2) is 5.96 Å². The van der Waals surface area contributed by atoms with E-state index in [1.165, 1.54) is 24.3 Å². The predicted molar refractivity (Wildman–Crippen MR) is 224 cm³/mol. The van der Waals surface area contributed by atoms with Crippen LogP contribution in [0.25, 0.3) is 0 Å². The highest BCUT2D eigenvalue weighted by Crippen LogP contribution is 2.20. The van der Waals surface area contributed by atoms with Crippen molar-refractivity contribution in [3.63, 3.8) is 0 Å². The molecule has 1 aliphatic heterocycles. The molecule has 2 rings (SSSR count). The molecule has 1 aromatic heterocycles. The van der Waals surface area contributed by atoms with E-state index in [4.69, 9.17) is 17.2 Å². The number of aliphatic hydroxyl groups excluding tert-OH is 1. The average Bonchev–Trinajstić information content (AvgIpc) is 3.93. The van der Waals surface area contributed by atoms with Gasteiger partial charge in [0, 0.05) is 42.9 Å². The molecule has 0 spiro atoms. The van der Waals surface area contributed by atoms with E-state index in [-0.39, 0.29) is 56.2 Å². The van der Waals surface area contributed by atoms with Gasteiger partial charge in [0.1, 0.15) is 42.3 Å². The number of likely N-dealkylation sites (tertiary alicyclic amines) is 1. The lowest BCUT2D eigenvalue weighted by Gasteiger charge is -2.30. The monoisotopic (exact) mass is 885 g/mol. The molecule has 0 bridgehead atoms. The fourth-order valence-corrected chi connectivity index (χ4v) is 6.41. The molecule has 1 aromatic rings. The first-order chi connectivity index (χ1) is 28.4. The van der Waals surface area contributed by atoms with Crippen molar-refractivity contribution in [2.45, 2.75) is 108 Å². The summed E-state index contributed by atoms with van der Waals surface area (Å²) in [6.07, 6.45) is 4.10. The molecular formula is C35H59N13O10S2. The Morgan fingerprint density at radius 2 is 1.55 bits per heavy atom. The van der Waals surface area contributed by atoms with Gasteiger partial charge in [-0.05, 0) is 38.5 Å². The summed E-state index contributed by atoms with van der Waals surface area (Å²) in [4.78, 5) is 117. The van der Waals surface area contributed by atoms with Crippen LogP contribution in [-0.2, 0) is 44.8 Å². The minimum absolute atomic E-state index is 0.00488. The Morgan fingerprint density at radius 1 is 0.900 bits per heavy atom. The first kappa shape index (κ1) is 51.0. The van der Waals surface area contributed by atoms with Gasteiger partial charge in [0.05, 0.1) is 19.0 Å². The number of imidazole rings is 1. The number of carbonyl (C=O) groups is 8. The second-order valence-electron chi connectivity index (χ2n) is 14.3. The van der Waals surface area contributed by atoms with Gasteiger partial charge in [-0.2, -0.15) is 25.3 Å². The van der Waals surface area contributed by atoms with Crippen molar-refractivity contribution in [2.24, 2.45) is 28.1 Å². The van der Waals surface area contributed by atoms with E-state index in [1.807, 2.05) is 0 Å². The summed E-state index contributed by atoms with van der Waals surface area (Å²) in [5.74, 6) is -7.55. The second kappa shape index (κ2) is 25.5. The number of guanidine groups is 1. The first-order valence-electron chi connectivity index (χ1n) is 19.3. The van der Waals surface area contributed by atoms with Crippen LogP contribution in [-0.4, -0.2) is 158 Å². The van der Waals surface area contributed by atoms with E-state index in [1.54, 1.807) is 13.8 Å². The highest BCUT2D eigenvalue weighted by atomic mass is 32.1. The summed E-state index contributed by atoms with van der Waals surface area (Å²) in [6, 6.07) is -9.95. The third kappa shape index (κ3) is 15.8. The third-order valence-corrected chi connectivity index (χ3v) is 10.5. The summed E-state index contributed by atoms with van der Waals surface area (Å²) in [5.41, 5.74) is 17.0. The van der Waals surface area contributed by atoms with Gasteiger partial charge in [0.2, 0.25) is 41.4 Å². The van der Waals surface area contributed by atoms with Crippen LogP contribution in [0.5, 0.6) is 0 Å². The van der Waals surface area contributed by atoms with Crippen LogP contribution in [0.2, 0.25) is 0 Å². The van der Waals surface area contributed by atoms with Gasteiger partial charge in [-0.25, -0.2) is 9.78 Å². The Labute approximate surface area is 358 Å². The highest BCUT2D eigenvalue weighted by Gasteiger charge is 2.40. The number of carboxylic acids is 1. The zero-order chi connectivity index (χ0) is 45.1. The van der Waals surface area contributed by atoms with Gasteiger partial charge in [-0.1, -0.05) is 20.3 Å². The predicted octanol–water partition coefficient (Wildman–Crippen LogP) is -4.76. The largest absolute Gasteiger partial charge is 0.480 e. The number of carbonyl (C=O) groups excluding carboxylic acids is 7. The minimum Gasteiger partial charge on any atom is -0.480 e. The van der Waals surface area contributed by atoms with Gasteiger partial charge in [-0.3, -0.25) is 38.6 Å². The third-order valence-electron chi connectivity index (χ3n) is 9.70. The smallest absolute Gasteiger partial charge is 0.327 e. The number of aliphatic hydroxyl groups is 1. The molecule has 7 amide bonds. The van der Waals surface area contributed by atoms with Crippen molar-refractivity contribution >= 4 is 78.5 Å². The lowest BCUT2D eigenvalue weighted by atomic mass is 9.97. The minimum atomic E-state index is -1.60. The molecule has 2 heterocycles. The highest BCUT2D eigenvalue weighted by molar-refractivity contribution is 7.80. The van der Waals surface area contributed by atoms with Gasteiger partial charge < -0.3 is 69.2 Å². The number of hydrogen-bond acceptors (Lipinski definition) is 14. The number of aromatic amines is 1. The molecule has 15 N–H and O–H groups in total. The molecule has 25 heteroatoms. The summed E-state index contributed by atoms with van der Waals surface area (Å²) in [6.45, 7) is 4.11. The molecule has 0 saturated carbocycles. The number of aromatic nitrogens is 2. The fourth-order valence-electron chi connectivity index (χ4n) is 5.99. The van der Waals surface area contributed by atoms with E-state index >= 15 is 0 Å². The number of amides is 7. The van der Waals surface area contributed by atoms with Crippen molar-refractivity contribution in [3.05, 3.63) is 18.2 Å². The number of hydrogen-bond donors (Lipinski definition) is 14. The molecular weight excluding hydrogens is 827 g/mol. The molecule has 1 saturated heterocycles. The van der Waals surface area contributed by atoms with E-state index < -0.39 is 108 Å². The summed E-state index contributed by atoms with van der Waals surface area (Å²) in [5, 5.41) is 34.5. The van der Waals surface area contributed by atoms with E-state index in [0.717, 1.165) is 0 Å². The Morgan fingerprint density at radius 3 is 2.12 bits per heavy atom. The average molecular weight is 886 g/mol. The number of aliphatic carboxylic acids is 1. The first-order valence-corrected chi connectivity index (χ1v) is 20.6.